The summed E-state index contributed by atoms with van der Waals surface area (Å²) in [7, 11) is 0. The quantitative estimate of drug-likeness (QED) is 0.115. The van der Waals surface area contributed by atoms with Crippen molar-refractivity contribution in [3.05, 3.63) is 106 Å². The van der Waals surface area contributed by atoms with E-state index in [0.717, 1.165) is 46.8 Å². The van der Waals surface area contributed by atoms with Gasteiger partial charge in [-0.15, -0.1) is 11.3 Å². The predicted molar refractivity (Wildman–Crippen MR) is 172 cm³/mol. The Morgan fingerprint density at radius 2 is 1.40 bits per heavy atom. The molecule has 220 valence electrons. The number of nitrogens with one attached hydrogen (secondary N) is 2. The maximum Gasteiger partial charge on any atom is 0.305 e. The number of rotatable bonds is 16. The van der Waals surface area contributed by atoms with Crippen molar-refractivity contribution in [2.24, 2.45) is 0 Å². The van der Waals surface area contributed by atoms with Crippen molar-refractivity contribution in [3.8, 4) is 11.3 Å². The SMILES string of the molecule is CCCCCc1ccc(-c2csc(NC(c3ccc(CCCC)cc3)c3ccc(C(=O)NCCC(=O)O)cc3)n2)cc1. The fraction of sp³-hybridized carbons (Fsp3) is 0.343. The van der Waals surface area contributed by atoms with E-state index in [2.05, 4.69) is 78.4 Å². The lowest BCUT2D eigenvalue weighted by Crippen LogP contribution is -2.26. The average Bonchev–Trinajstić information content (AvgIpc) is 3.48. The first-order valence-corrected chi connectivity index (χ1v) is 15.8. The van der Waals surface area contributed by atoms with Crippen LogP contribution in [0.1, 0.15) is 91.0 Å². The largest absolute Gasteiger partial charge is 0.481 e. The van der Waals surface area contributed by atoms with Crippen LogP contribution in [0.25, 0.3) is 11.3 Å². The number of aryl methyl sites for hydroxylation is 2. The van der Waals surface area contributed by atoms with Crippen LogP contribution in [0.15, 0.2) is 78.2 Å². The number of aliphatic carboxylic acids is 1. The molecule has 0 aliphatic heterocycles. The monoisotopic (exact) mass is 583 g/mol. The van der Waals surface area contributed by atoms with Crippen molar-refractivity contribution in [1.29, 1.82) is 0 Å². The maximum atomic E-state index is 12.5. The van der Waals surface area contributed by atoms with E-state index in [1.165, 1.54) is 36.8 Å². The summed E-state index contributed by atoms with van der Waals surface area (Å²) >= 11 is 1.58. The number of thiazole rings is 1. The van der Waals surface area contributed by atoms with Gasteiger partial charge >= 0.3 is 5.97 Å². The second-order valence-corrected chi connectivity index (χ2v) is 11.5. The summed E-state index contributed by atoms with van der Waals surface area (Å²) in [6.07, 6.45) is 8.10. The van der Waals surface area contributed by atoms with Gasteiger partial charge in [0, 0.05) is 23.1 Å². The number of carbonyl (C=O) groups excluding carboxylic acids is 1. The summed E-state index contributed by atoms with van der Waals surface area (Å²) in [5.74, 6) is -1.22. The molecule has 0 aliphatic carbocycles. The molecule has 0 bridgehead atoms. The minimum atomic E-state index is -0.940. The highest BCUT2D eigenvalue weighted by Gasteiger charge is 2.18. The number of amides is 1. The summed E-state index contributed by atoms with van der Waals surface area (Å²) in [5.41, 5.74) is 7.35. The van der Waals surface area contributed by atoms with Gasteiger partial charge in [-0.1, -0.05) is 93.8 Å². The molecule has 1 heterocycles. The molecule has 0 saturated heterocycles. The first-order valence-electron chi connectivity index (χ1n) is 15.0. The third-order valence-electron chi connectivity index (χ3n) is 7.35. The van der Waals surface area contributed by atoms with E-state index in [1.54, 1.807) is 23.5 Å². The van der Waals surface area contributed by atoms with Crippen molar-refractivity contribution in [2.45, 2.75) is 71.3 Å². The summed E-state index contributed by atoms with van der Waals surface area (Å²) < 4.78 is 0. The molecule has 0 radical (unpaired) electrons. The van der Waals surface area contributed by atoms with Gasteiger partial charge in [-0.3, -0.25) is 9.59 Å². The lowest BCUT2D eigenvalue weighted by Gasteiger charge is -2.20. The van der Waals surface area contributed by atoms with Crippen LogP contribution in [0.2, 0.25) is 0 Å². The number of hydrogen-bond acceptors (Lipinski definition) is 5. The maximum absolute atomic E-state index is 12.5. The van der Waals surface area contributed by atoms with E-state index in [-0.39, 0.29) is 24.9 Å². The zero-order chi connectivity index (χ0) is 29.7. The molecule has 4 aromatic rings. The molecule has 1 unspecified atom stereocenters. The molecule has 3 aromatic carbocycles. The van der Waals surface area contributed by atoms with Crippen molar-refractivity contribution >= 4 is 28.3 Å². The van der Waals surface area contributed by atoms with Gasteiger partial charge < -0.3 is 15.7 Å². The second-order valence-electron chi connectivity index (χ2n) is 10.6. The molecule has 0 spiro atoms. The van der Waals surface area contributed by atoms with Gasteiger partial charge in [0.15, 0.2) is 5.13 Å². The summed E-state index contributed by atoms with van der Waals surface area (Å²) in [6.45, 7) is 4.53. The second kappa shape index (κ2) is 15.9. The number of anilines is 1. The minimum absolute atomic E-state index is 0.0957. The lowest BCUT2D eigenvalue weighted by atomic mass is 9.96. The Kier molecular flexibility index (Phi) is 11.7. The number of nitrogens with zero attached hydrogens (tertiary/aromatic N) is 1. The van der Waals surface area contributed by atoms with Crippen LogP contribution in [0, 0.1) is 0 Å². The number of aromatic nitrogens is 1. The van der Waals surface area contributed by atoms with Crippen molar-refractivity contribution < 1.29 is 14.7 Å². The van der Waals surface area contributed by atoms with Gasteiger partial charge in [0.2, 0.25) is 0 Å². The smallest absolute Gasteiger partial charge is 0.305 e. The molecule has 3 N–H and O–H groups in total. The number of benzene rings is 3. The molecule has 4 rings (SSSR count). The van der Waals surface area contributed by atoms with E-state index >= 15 is 0 Å². The van der Waals surface area contributed by atoms with Gasteiger partial charge in [0.05, 0.1) is 18.2 Å². The summed E-state index contributed by atoms with van der Waals surface area (Å²) in [6, 6.07) is 24.8. The highest BCUT2D eigenvalue weighted by atomic mass is 32.1. The Balaban J connectivity index is 1.52. The molecule has 7 heteroatoms. The standard InChI is InChI=1S/C35H41N3O3S/c1-3-5-7-9-26-10-14-27(15-11-26)31-24-42-35(37-31)38-33(28-16-12-25(13-17-28)8-6-4-2)29-18-20-30(21-19-29)34(41)36-23-22-32(39)40/h10-21,24,33H,3-9,22-23H2,1-2H3,(H,36,41)(H,37,38)(H,39,40). The van der Waals surface area contributed by atoms with E-state index in [4.69, 9.17) is 10.1 Å². The van der Waals surface area contributed by atoms with Crippen molar-refractivity contribution in [1.82, 2.24) is 10.3 Å². The molecule has 0 saturated carbocycles. The molecule has 0 fully saturated rings. The Hall–Kier alpha value is -3.97. The Bertz CT molecular complexity index is 1410. The number of hydrogen-bond donors (Lipinski definition) is 3. The number of carboxylic acid groups (broad SMARTS) is 1. The number of carbonyl (C=O) groups is 2. The average molecular weight is 584 g/mol. The molecule has 0 aliphatic rings. The lowest BCUT2D eigenvalue weighted by molar-refractivity contribution is -0.136. The molecule has 1 atom stereocenters. The fourth-order valence-electron chi connectivity index (χ4n) is 4.85. The topological polar surface area (TPSA) is 91.3 Å². The third-order valence-corrected chi connectivity index (χ3v) is 8.13. The van der Waals surface area contributed by atoms with Gasteiger partial charge in [-0.25, -0.2) is 4.98 Å². The van der Waals surface area contributed by atoms with E-state index in [0.29, 0.717) is 5.56 Å². The highest BCUT2D eigenvalue weighted by molar-refractivity contribution is 7.14. The van der Waals surface area contributed by atoms with Crippen LogP contribution in [0.3, 0.4) is 0 Å². The van der Waals surface area contributed by atoms with Gasteiger partial charge in [0.25, 0.3) is 5.91 Å². The van der Waals surface area contributed by atoms with Crippen LogP contribution in [-0.2, 0) is 17.6 Å². The zero-order valence-electron chi connectivity index (χ0n) is 24.6. The fourth-order valence-corrected chi connectivity index (χ4v) is 5.60. The zero-order valence-corrected chi connectivity index (χ0v) is 25.4. The van der Waals surface area contributed by atoms with E-state index in [9.17, 15) is 9.59 Å². The highest BCUT2D eigenvalue weighted by Crippen LogP contribution is 2.32. The molecular formula is C35H41N3O3S. The van der Waals surface area contributed by atoms with E-state index < -0.39 is 5.97 Å². The molecule has 6 nitrogen and oxygen atoms in total. The number of carboxylic acids is 1. The van der Waals surface area contributed by atoms with Crippen LogP contribution in [0.5, 0.6) is 0 Å². The van der Waals surface area contributed by atoms with Crippen LogP contribution in [0.4, 0.5) is 5.13 Å². The molecule has 42 heavy (non-hydrogen) atoms. The first kappa shape index (κ1) is 31.0. The molecule has 1 amide bonds. The van der Waals surface area contributed by atoms with Crippen molar-refractivity contribution in [3.63, 3.8) is 0 Å². The minimum Gasteiger partial charge on any atom is -0.481 e. The van der Waals surface area contributed by atoms with Crippen LogP contribution < -0.4 is 10.6 Å². The van der Waals surface area contributed by atoms with E-state index in [1.807, 2.05) is 12.1 Å². The first-order chi connectivity index (χ1) is 20.5. The Labute approximate surface area is 253 Å². The van der Waals surface area contributed by atoms with Crippen LogP contribution >= 0.6 is 11.3 Å². The van der Waals surface area contributed by atoms with Gasteiger partial charge in [0.1, 0.15) is 0 Å². The van der Waals surface area contributed by atoms with Gasteiger partial charge in [-0.05, 0) is 60.1 Å². The summed E-state index contributed by atoms with van der Waals surface area (Å²) in [4.78, 5) is 28.2. The Morgan fingerprint density at radius 1 is 0.810 bits per heavy atom. The van der Waals surface area contributed by atoms with Gasteiger partial charge in [-0.2, -0.15) is 0 Å². The Morgan fingerprint density at radius 3 is 2.02 bits per heavy atom. The summed E-state index contributed by atoms with van der Waals surface area (Å²) in [5, 5.41) is 18.1. The normalized spacial score (nSPS) is 11.7. The third kappa shape index (κ3) is 9.02. The molecule has 1 aromatic heterocycles. The van der Waals surface area contributed by atoms with Crippen molar-refractivity contribution in [2.75, 3.05) is 11.9 Å². The number of unbranched alkanes of at least 4 members (excludes halogenated alkanes) is 3. The van der Waals surface area contributed by atoms with Crippen LogP contribution in [-0.4, -0.2) is 28.5 Å². The predicted octanol–water partition coefficient (Wildman–Crippen LogP) is 8.29. The molecular weight excluding hydrogens is 542 g/mol.